The lowest BCUT2D eigenvalue weighted by Gasteiger charge is -2.45. The molecule has 0 bridgehead atoms. The number of nitrogens with zero attached hydrogens (tertiary/aromatic N) is 1. The maximum absolute atomic E-state index is 14.6. The molecule has 2 N–H and O–H groups in total. The standard InChI is InChI=1S/C33H49N3O4/c1-12-33(10,11)36(30(38)26(20-21(2)3)34-31(39)40-32(7,8)9)28(25-19-14-13-16-22(25)4)29(37)35-27-23(5)17-15-18-24(27)6/h13-19,21,26,28H,12,20H2,1-11H3,(H,34,39)(H,35,37). The van der Waals surface area contributed by atoms with Crippen molar-refractivity contribution >= 4 is 23.6 Å². The van der Waals surface area contributed by atoms with Gasteiger partial charge in [-0.15, -0.1) is 0 Å². The van der Waals surface area contributed by atoms with Gasteiger partial charge in [0, 0.05) is 11.2 Å². The quantitative estimate of drug-likeness (QED) is 0.326. The smallest absolute Gasteiger partial charge is 0.408 e. The highest BCUT2D eigenvalue weighted by molar-refractivity contribution is 6.00. The first-order valence-electron chi connectivity index (χ1n) is 14.2. The molecule has 2 aromatic carbocycles. The second kappa shape index (κ2) is 13.3. The molecule has 0 aliphatic heterocycles. The van der Waals surface area contributed by atoms with Crippen LogP contribution in [0, 0.1) is 26.7 Å². The van der Waals surface area contributed by atoms with E-state index in [-0.39, 0.29) is 17.7 Å². The minimum Gasteiger partial charge on any atom is -0.444 e. The predicted molar refractivity (Wildman–Crippen MR) is 162 cm³/mol. The molecular formula is C33H49N3O4. The highest BCUT2D eigenvalue weighted by Crippen LogP contribution is 2.35. The molecule has 0 aliphatic rings. The summed E-state index contributed by atoms with van der Waals surface area (Å²) in [5.41, 5.74) is 2.82. The zero-order valence-corrected chi connectivity index (χ0v) is 26.3. The number of rotatable bonds is 10. The van der Waals surface area contributed by atoms with E-state index in [2.05, 4.69) is 10.6 Å². The highest BCUT2D eigenvalue weighted by Gasteiger charge is 2.43. The van der Waals surface area contributed by atoms with Crippen LogP contribution in [-0.4, -0.2) is 40.0 Å². The van der Waals surface area contributed by atoms with Crippen LogP contribution in [0.3, 0.4) is 0 Å². The van der Waals surface area contributed by atoms with E-state index < -0.39 is 29.3 Å². The fourth-order valence-corrected chi connectivity index (χ4v) is 4.75. The third-order valence-corrected chi connectivity index (χ3v) is 7.17. The summed E-state index contributed by atoms with van der Waals surface area (Å²) in [6.07, 6.45) is 0.333. The molecule has 2 unspecified atom stereocenters. The van der Waals surface area contributed by atoms with Gasteiger partial charge in [-0.1, -0.05) is 63.2 Å². The van der Waals surface area contributed by atoms with Gasteiger partial charge in [0.25, 0.3) is 5.91 Å². The van der Waals surface area contributed by atoms with Crippen LogP contribution < -0.4 is 10.6 Å². The zero-order chi connectivity index (χ0) is 30.4. The van der Waals surface area contributed by atoms with E-state index in [0.29, 0.717) is 12.8 Å². The fourth-order valence-electron chi connectivity index (χ4n) is 4.75. The first-order chi connectivity index (χ1) is 18.5. The SMILES string of the molecule is CCC(C)(C)N(C(=O)C(CC(C)C)NC(=O)OC(C)(C)C)C(C(=O)Nc1c(C)cccc1C)c1ccccc1C. The van der Waals surface area contributed by atoms with E-state index in [0.717, 1.165) is 27.9 Å². The molecule has 2 aromatic rings. The Morgan fingerprint density at radius 1 is 0.875 bits per heavy atom. The summed E-state index contributed by atoms with van der Waals surface area (Å²) in [6, 6.07) is 11.7. The number of hydrogen-bond donors (Lipinski definition) is 2. The molecule has 2 rings (SSSR count). The van der Waals surface area contributed by atoms with Crippen molar-refractivity contribution in [2.24, 2.45) is 5.92 Å². The topological polar surface area (TPSA) is 87.7 Å². The molecule has 3 amide bonds. The minimum atomic E-state index is -0.933. The van der Waals surface area contributed by atoms with Gasteiger partial charge in [0.15, 0.2) is 0 Å². The number of aryl methyl sites for hydroxylation is 3. The Bertz CT molecular complexity index is 1180. The lowest BCUT2D eigenvalue weighted by atomic mass is 9.89. The van der Waals surface area contributed by atoms with E-state index in [4.69, 9.17) is 4.74 Å². The number of hydrogen-bond acceptors (Lipinski definition) is 4. The van der Waals surface area contributed by atoms with Crippen molar-refractivity contribution in [2.75, 3.05) is 5.32 Å². The molecule has 0 aromatic heterocycles. The average molecular weight is 552 g/mol. The van der Waals surface area contributed by atoms with E-state index in [9.17, 15) is 14.4 Å². The molecule has 0 aliphatic carbocycles. The molecule has 2 atom stereocenters. The second-order valence-electron chi connectivity index (χ2n) is 12.7. The Hall–Kier alpha value is -3.35. The van der Waals surface area contributed by atoms with Crippen molar-refractivity contribution < 1.29 is 19.1 Å². The highest BCUT2D eigenvalue weighted by atomic mass is 16.6. The van der Waals surface area contributed by atoms with Crippen LogP contribution in [0.25, 0.3) is 0 Å². The van der Waals surface area contributed by atoms with Crippen LogP contribution in [0.4, 0.5) is 10.5 Å². The third-order valence-electron chi connectivity index (χ3n) is 7.17. The molecule has 7 heteroatoms. The van der Waals surface area contributed by atoms with Crippen LogP contribution in [0.15, 0.2) is 42.5 Å². The molecular weight excluding hydrogens is 502 g/mol. The average Bonchev–Trinajstić information content (AvgIpc) is 2.83. The number of anilines is 1. The molecule has 0 heterocycles. The van der Waals surface area contributed by atoms with Crippen molar-refractivity contribution in [3.8, 4) is 0 Å². The van der Waals surface area contributed by atoms with Gasteiger partial charge in [0.2, 0.25) is 5.91 Å². The van der Waals surface area contributed by atoms with Gasteiger partial charge in [0.1, 0.15) is 17.7 Å². The summed E-state index contributed by atoms with van der Waals surface area (Å²) in [7, 11) is 0. The number of alkyl carbamates (subject to hydrolysis) is 1. The molecule has 0 saturated heterocycles. The number of nitrogens with one attached hydrogen (secondary N) is 2. The van der Waals surface area contributed by atoms with E-state index in [1.807, 2.05) is 97.9 Å². The summed E-state index contributed by atoms with van der Waals surface area (Å²) in [5, 5.41) is 5.97. The van der Waals surface area contributed by atoms with Gasteiger partial charge < -0.3 is 20.3 Å². The number of carbonyl (C=O) groups excluding carboxylic acids is 3. The predicted octanol–water partition coefficient (Wildman–Crippen LogP) is 7.25. The van der Waals surface area contributed by atoms with Crippen LogP contribution in [-0.2, 0) is 14.3 Å². The van der Waals surface area contributed by atoms with Crippen molar-refractivity contribution in [1.82, 2.24) is 10.2 Å². The molecule has 220 valence electrons. The van der Waals surface area contributed by atoms with E-state index in [1.54, 1.807) is 25.7 Å². The van der Waals surface area contributed by atoms with Gasteiger partial charge >= 0.3 is 6.09 Å². The lowest BCUT2D eigenvalue weighted by Crippen LogP contribution is -2.59. The monoisotopic (exact) mass is 551 g/mol. The third kappa shape index (κ3) is 8.57. The zero-order valence-electron chi connectivity index (χ0n) is 26.3. The van der Waals surface area contributed by atoms with Crippen molar-refractivity contribution in [3.63, 3.8) is 0 Å². The maximum atomic E-state index is 14.6. The summed E-state index contributed by atoms with van der Waals surface area (Å²) < 4.78 is 5.51. The Kier molecular flexibility index (Phi) is 11.0. The number of ether oxygens (including phenoxy) is 1. The van der Waals surface area contributed by atoms with Crippen LogP contribution in [0.2, 0.25) is 0 Å². The normalized spacial score (nSPS) is 13.4. The van der Waals surface area contributed by atoms with Crippen LogP contribution in [0.5, 0.6) is 0 Å². The van der Waals surface area contributed by atoms with Crippen molar-refractivity contribution in [1.29, 1.82) is 0 Å². The Balaban J connectivity index is 2.70. The number of amides is 3. The first kappa shape index (κ1) is 32.9. The summed E-state index contributed by atoms with van der Waals surface area (Å²) >= 11 is 0. The molecule has 0 fully saturated rings. The van der Waals surface area contributed by atoms with Crippen molar-refractivity contribution in [3.05, 3.63) is 64.7 Å². The van der Waals surface area contributed by atoms with Gasteiger partial charge in [-0.3, -0.25) is 9.59 Å². The molecule has 7 nitrogen and oxygen atoms in total. The van der Waals surface area contributed by atoms with Gasteiger partial charge in [0.05, 0.1) is 0 Å². The molecule has 0 radical (unpaired) electrons. The molecule has 0 saturated carbocycles. The minimum absolute atomic E-state index is 0.107. The molecule has 40 heavy (non-hydrogen) atoms. The number of para-hydroxylation sites is 1. The summed E-state index contributed by atoms with van der Waals surface area (Å²) in [5.74, 6) is -0.519. The van der Waals surface area contributed by atoms with Gasteiger partial charge in [-0.2, -0.15) is 0 Å². The van der Waals surface area contributed by atoms with E-state index in [1.165, 1.54) is 0 Å². The van der Waals surface area contributed by atoms with Crippen molar-refractivity contribution in [2.45, 2.75) is 112 Å². The lowest BCUT2D eigenvalue weighted by molar-refractivity contribution is -0.148. The number of carbonyl (C=O) groups is 3. The van der Waals surface area contributed by atoms with Gasteiger partial charge in [-0.25, -0.2) is 4.79 Å². The van der Waals surface area contributed by atoms with E-state index >= 15 is 0 Å². The fraction of sp³-hybridized carbons (Fsp3) is 0.545. The molecule has 0 spiro atoms. The number of benzene rings is 2. The largest absolute Gasteiger partial charge is 0.444 e. The Morgan fingerprint density at radius 2 is 1.43 bits per heavy atom. The van der Waals surface area contributed by atoms with Gasteiger partial charge in [-0.05, 0) is 96.4 Å². The first-order valence-corrected chi connectivity index (χ1v) is 14.2. The Labute approximate surface area is 241 Å². The summed E-state index contributed by atoms with van der Waals surface area (Å²) in [6.45, 7) is 21.1. The Morgan fingerprint density at radius 3 is 1.93 bits per heavy atom. The van der Waals surface area contributed by atoms with Crippen LogP contribution >= 0.6 is 0 Å². The second-order valence-corrected chi connectivity index (χ2v) is 12.7. The maximum Gasteiger partial charge on any atom is 0.408 e. The van der Waals surface area contributed by atoms with Crippen LogP contribution in [0.1, 0.15) is 96.5 Å². The summed E-state index contributed by atoms with van der Waals surface area (Å²) in [4.78, 5) is 43.4.